The van der Waals surface area contributed by atoms with Gasteiger partial charge in [0, 0.05) is 10.7 Å². The van der Waals surface area contributed by atoms with Gasteiger partial charge in [-0.3, -0.25) is 0 Å². The maximum absolute atomic E-state index is 10.4. The summed E-state index contributed by atoms with van der Waals surface area (Å²) >= 11 is 3.38. The van der Waals surface area contributed by atoms with Crippen molar-refractivity contribution in [3.8, 4) is 0 Å². The number of fused-ring (bicyclic) bond motifs is 1. The lowest BCUT2D eigenvalue weighted by Gasteiger charge is -2.21. The lowest BCUT2D eigenvalue weighted by molar-refractivity contribution is 0.160. The normalized spacial score (nSPS) is 14.0. The summed E-state index contributed by atoms with van der Waals surface area (Å²) in [5.41, 5.74) is 1.34. The molecule has 0 aliphatic rings. The third-order valence-electron chi connectivity index (χ3n) is 3.17. The van der Waals surface area contributed by atoms with Crippen molar-refractivity contribution in [3.05, 3.63) is 46.7 Å². The van der Waals surface area contributed by atoms with E-state index in [0.29, 0.717) is 11.5 Å². The fraction of sp³-hybridized carbons (Fsp3) is 0.231. The highest BCUT2D eigenvalue weighted by Crippen LogP contribution is 2.22. The average Bonchev–Trinajstić information content (AvgIpc) is 2.97. The van der Waals surface area contributed by atoms with Crippen LogP contribution in [0.3, 0.4) is 0 Å². The number of benzene rings is 1. The minimum Gasteiger partial charge on any atom is -0.386 e. The molecule has 0 spiro atoms. The number of tetrazole rings is 1. The molecule has 7 nitrogen and oxygen atoms in total. The monoisotopic (exact) mass is 348 g/mol. The van der Waals surface area contributed by atoms with Crippen LogP contribution in [0.15, 0.2) is 41.1 Å². The number of nitrogens with zero attached hydrogens (tertiary/aromatic N) is 5. The van der Waals surface area contributed by atoms with E-state index in [1.165, 1.54) is 4.52 Å². The Hall–Kier alpha value is -2.06. The van der Waals surface area contributed by atoms with Crippen molar-refractivity contribution in [2.24, 2.45) is 0 Å². The van der Waals surface area contributed by atoms with Gasteiger partial charge in [0.1, 0.15) is 0 Å². The molecule has 0 unspecified atom stereocenters. The van der Waals surface area contributed by atoms with Gasteiger partial charge in [-0.1, -0.05) is 28.1 Å². The highest BCUT2D eigenvalue weighted by atomic mass is 79.9. The van der Waals surface area contributed by atoms with Crippen molar-refractivity contribution < 1.29 is 5.11 Å². The van der Waals surface area contributed by atoms with E-state index in [9.17, 15) is 5.11 Å². The minimum absolute atomic E-state index is 0.249. The van der Waals surface area contributed by atoms with E-state index in [2.05, 4.69) is 41.8 Å². The van der Waals surface area contributed by atoms with Crippen LogP contribution in [0.4, 0.5) is 5.82 Å². The molecule has 0 saturated carbocycles. The van der Waals surface area contributed by atoms with Crippen LogP contribution in [0.1, 0.15) is 18.6 Å². The Morgan fingerprint density at radius 3 is 2.81 bits per heavy atom. The van der Waals surface area contributed by atoms with Crippen LogP contribution in [0.2, 0.25) is 0 Å². The number of hydrogen-bond acceptors (Lipinski definition) is 6. The van der Waals surface area contributed by atoms with Crippen molar-refractivity contribution in [3.63, 3.8) is 0 Å². The number of aliphatic hydroxyl groups is 1. The molecule has 0 fully saturated rings. The first-order chi connectivity index (χ1) is 10.1. The Balaban J connectivity index is 1.81. The van der Waals surface area contributed by atoms with Gasteiger partial charge in [-0.05, 0) is 35.0 Å². The van der Waals surface area contributed by atoms with Crippen LogP contribution in [-0.2, 0) is 0 Å². The Morgan fingerprint density at radius 1 is 1.29 bits per heavy atom. The molecule has 2 heterocycles. The van der Waals surface area contributed by atoms with Gasteiger partial charge in [-0.15, -0.1) is 5.10 Å². The fourth-order valence-electron chi connectivity index (χ4n) is 2.02. The second kappa shape index (κ2) is 5.74. The number of anilines is 1. The molecule has 21 heavy (non-hydrogen) atoms. The summed E-state index contributed by atoms with van der Waals surface area (Å²) in [6, 6.07) is 7.29. The molecule has 0 radical (unpaired) electrons. The van der Waals surface area contributed by atoms with Crippen LogP contribution in [0.5, 0.6) is 0 Å². The summed E-state index contributed by atoms with van der Waals surface area (Å²) in [5, 5.41) is 24.9. The molecule has 8 heteroatoms. The van der Waals surface area contributed by atoms with Crippen LogP contribution in [-0.4, -0.2) is 36.2 Å². The quantitative estimate of drug-likeness (QED) is 0.747. The first-order valence-electron chi connectivity index (χ1n) is 6.38. The zero-order chi connectivity index (χ0) is 14.8. The van der Waals surface area contributed by atoms with E-state index in [0.717, 1.165) is 10.0 Å². The molecular formula is C13H13BrN6O. The van der Waals surface area contributed by atoms with Crippen LogP contribution in [0, 0.1) is 0 Å². The molecular weight excluding hydrogens is 336 g/mol. The highest BCUT2D eigenvalue weighted by Gasteiger charge is 2.18. The van der Waals surface area contributed by atoms with Crippen LogP contribution in [0.25, 0.3) is 5.65 Å². The van der Waals surface area contributed by atoms with Crippen molar-refractivity contribution in [2.45, 2.75) is 19.1 Å². The van der Waals surface area contributed by atoms with E-state index >= 15 is 0 Å². The van der Waals surface area contributed by atoms with Gasteiger partial charge in [0.15, 0.2) is 5.82 Å². The number of aromatic nitrogens is 5. The molecule has 2 aromatic heterocycles. The Bertz CT molecular complexity index is 744. The van der Waals surface area contributed by atoms with Crippen molar-refractivity contribution in [1.29, 1.82) is 0 Å². The maximum atomic E-state index is 10.4. The summed E-state index contributed by atoms with van der Waals surface area (Å²) in [5.74, 6) is 0.533. The highest BCUT2D eigenvalue weighted by molar-refractivity contribution is 9.10. The van der Waals surface area contributed by atoms with Gasteiger partial charge in [-0.2, -0.15) is 4.52 Å². The molecule has 108 valence electrons. The second-order valence-electron chi connectivity index (χ2n) is 4.65. The van der Waals surface area contributed by atoms with Gasteiger partial charge >= 0.3 is 0 Å². The standard InChI is InChI=1S/C13H13BrN6O/c1-8(11(21)9-2-4-10(14)5-3-9)16-12-13-17-18-19-20(13)7-6-15-12/h2-8,11,21H,1H3,(H,15,16)/t8-,11+/m1/s1. The molecule has 3 aromatic rings. The molecule has 2 atom stereocenters. The third kappa shape index (κ3) is 2.86. The summed E-state index contributed by atoms with van der Waals surface area (Å²) in [7, 11) is 0. The topological polar surface area (TPSA) is 88.2 Å². The van der Waals surface area contributed by atoms with Crippen LogP contribution >= 0.6 is 15.9 Å². The SMILES string of the molecule is C[C@@H](Nc1nccn2nnnc12)[C@H](O)c1ccc(Br)cc1. The van der Waals surface area contributed by atoms with Gasteiger partial charge < -0.3 is 10.4 Å². The van der Waals surface area contributed by atoms with E-state index in [1.807, 2.05) is 31.2 Å². The third-order valence-corrected chi connectivity index (χ3v) is 3.69. The van der Waals surface area contributed by atoms with Crippen molar-refractivity contribution in [2.75, 3.05) is 5.32 Å². The fourth-order valence-corrected chi connectivity index (χ4v) is 2.29. The molecule has 0 aliphatic heterocycles. The second-order valence-corrected chi connectivity index (χ2v) is 5.57. The predicted molar refractivity (Wildman–Crippen MR) is 80.8 cm³/mol. The number of rotatable bonds is 4. The molecule has 3 rings (SSSR count). The van der Waals surface area contributed by atoms with E-state index in [-0.39, 0.29) is 6.04 Å². The molecule has 2 N–H and O–H groups in total. The Morgan fingerprint density at radius 2 is 2.05 bits per heavy atom. The first-order valence-corrected chi connectivity index (χ1v) is 7.17. The Labute approximate surface area is 129 Å². The summed E-state index contributed by atoms with van der Waals surface area (Å²) < 4.78 is 2.49. The van der Waals surface area contributed by atoms with E-state index in [4.69, 9.17) is 0 Å². The number of aliphatic hydroxyl groups excluding tert-OH is 1. The van der Waals surface area contributed by atoms with Gasteiger partial charge in [0.25, 0.3) is 0 Å². The molecule has 0 aliphatic carbocycles. The number of hydrogen-bond donors (Lipinski definition) is 2. The lowest BCUT2D eigenvalue weighted by atomic mass is 10.0. The molecule has 0 bridgehead atoms. The summed E-state index contributed by atoms with van der Waals surface area (Å²) in [6.07, 6.45) is 2.59. The number of halogens is 1. The van der Waals surface area contributed by atoms with E-state index in [1.54, 1.807) is 12.4 Å². The zero-order valence-electron chi connectivity index (χ0n) is 11.2. The minimum atomic E-state index is -0.670. The summed E-state index contributed by atoms with van der Waals surface area (Å²) in [4.78, 5) is 4.22. The van der Waals surface area contributed by atoms with Crippen LogP contribution < -0.4 is 5.32 Å². The van der Waals surface area contributed by atoms with E-state index < -0.39 is 6.10 Å². The number of nitrogens with one attached hydrogen (secondary N) is 1. The van der Waals surface area contributed by atoms with Gasteiger partial charge in [0.2, 0.25) is 5.65 Å². The maximum Gasteiger partial charge on any atom is 0.221 e. The zero-order valence-corrected chi connectivity index (χ0v) is 12.8. The smallest absolute Gasteiger partial charge is 0.221 e. The largest absolute Gasteiger partial charge is 0.386 e. The van der Waals surface area contributed by atoms with Gasteiger partial charge in [0.05, 0.1) is 18.3 Å². The van der Waals surface area contributed by atoms with Crippen molar-refractivity contribution in [1.82, 2.24) is 25.0 Å². The molecule has 0 amide bonds. The van der Waals surface area contributed by atoms with Crippen molar-refractivity contribution >= 4 is 27.4 Å². The molecule has 0 saturated heterocycles. The average molecular weight is 349 g/mol. The summed E-state index contributed by atoms with van der Waals surface area (Å²) in [6.45, 7) is 1.88. The first kappa shape index (κ1) is 13.9. The predicted octanol–water partition coefficient (Wildman–Crippen LogP) is 1.82. The molecule has 1 aromatic carbocycles. The Kier molecular flexibility index (Phi) is 3.80. The van der Waals surface area contributed by atoms with Gasteiger partial charge in [-0.25, -0.2) is 4.98 Å². The lowest BCUT2D eigenvalue weighted by Crippen LogP contribution is -2.25.